The Balaban J connectivity index is 1.83. The molecule has 29 heavy (non-hydrogen) atoms. The Labute approximate surface area is 163 Å². The number of amides is 1. The van der Waals surface area contributed by atoms with Gasteiger partial charge in [0.05, 0.1) is 5.56 Å². The number of aryl methyl sites for hydroxylation is 1. The van der Waals surface area contributed by atoms with Crippen LogP contribution in [0, 0.1) is 12.7 Å². The molecule has 0 aliphatic heterocycles. The molecule has 10 heteroatoms. The van der Waals surface area contributed by atoms with Crippen LogP contribution in [0.5, 0.6) is 0 Å². The van der Waals surface area contributed by atoms with E-state index in [2.05, 4.69) is 25.6 Å². The molecule has 0 aliphatic rings. The molecule has 6 nitrogen and oxygen atoms in total. The van der Waals surface area contributed by atoms with Crippen LogP contribution in [-0.4, -0.2) is 20.9 Å². The van der Waals surface area contributed by atoms with Crippen LogP contribution in [0.1, 0.15) is 27.3 Å². The van der Waals surface area contributed by atoms with Crippen LogP contribution in [0.25, 0.3) is 0 Å². The van der Waals surface area contributed by atoms with Gasteiger partial charge in [-0.1, -0.05) is 6.07 Å². The molecule has 150 valence electrons. The summed E-state index contributed by atoms with van der Waals surface area (Å²) in [6.45, 7) is 1.77. The van der Waals surface area contributed by atoms with Crippen LogP contribution in [0.15, 0.2) is 48.8 Å². The lowest BCUT2D eigenvalue weighted by Gasteiger charge is -2.14. The Morgan fingerprint density at radius 3 is 2.62 bits per heavy atom. The minimum Gasteiger partial charge on any atom is -0.348 e. The monoisotopic (exact) mass is 405 g/mol. The Bertz CT molecular complexity index is 1040. The average Bonchev–Trinajstić information content (AvgIpc) is 2.65. The summed E-state index contributed by atoms with van der Waals surface area (Å²) in [7, 11) is 0. The number of carbonyl (C=O) groups is 1. The van der Waals surface area contributed by atoms with Gasteiger partial charge in [-0.15, -0.1) is 0 Å². The summed E-state index contributed by atoms with van der Waals surface area (Å²) in [6, 6.07) is 8.43. The van der Waals surface area contributed by atoms with E-state index in [9.17, 15) is 22.4 Å². The van der Waals surface area contributed by atoms with Crippen molar-refractivity contribution in [3.05, 3.63) is 77.1 Å². The average molecular weight is 405 g/mol. The first-order valence-electron chi connectivity index (χ1n) is 8.39. The fourth-order valence-electron chi connectivity index (χ4n) is 2.51. The third kappa shape index (κ3) is 5.24. The molecule has 0 spiro atoms. The quantitative estimate of drug-likeness (QED) is 0.627. The van der Waals surface area contributed by atoms with E-state index in [4.69, 9.17) is 0 Å². The first-order valence-corrected chi connectivity index (χ1v) is 8.39. The highest BCUT2D eigenvalue weighted by Crippen LogP contribution is 2.31. The van der Waals surface area contributed by atoms with Crippen LogP contribution >= 0.6 is 0 Å². The minimum atomic E-state index is -4.89. The van der Waals surface area contributed by atoms with Crippen molar-refractivity contribution < 1.29 is 22.4 Å². The second kappa shape index (κ2) is 8.21. The van der Waals surface area contributed by atoms with Crippen LogP contribution < -0.4 is 10.6 Å². The zero-order chi connectivity index (χ0) is 21.0. The van der Waals surface area contributed by atoms with Gasteiger partial charge in [-0.25, -0.2) is 14.4 Å². The third-order valence-electron chi connectivity index (χ3n) is 3.80. The van der Waals surface area contributed by atoms with Gasteiger partial charge < -0.3 is 10.6 Å². The molecule has 3 rings (SSSR count). The number of alkyl halides is 3. The number of hydrogen-bond acceptors (Lipinski definition) is 5. The molecular formula is C19H15F4N5O. The summed E-state index contributed by atoms with van der Waals surface area (Å²) in [4.78, 5) is 23.5. The second-order valence-corrected chi connectivity index (χ2v) is 6.08. The van der Waals surface area contributed by atoms with Gasteiger partial charge in [0.25, 0.3) is 5.91 Å². The SMILES string of the molecule is Cc1cc(CNC(=O)c2cnc(Nc3cccc(F)c3)nc2C(F)(F)F)ccn1. The van der Waals surface area contributed by atoms with Crippen molar-refractivity contribution in [1.29, 1.82) is 0 Å². The van der Waals surface area contributed by atoms with Crippen LogP contribution in [0.3, 0.4) is 0 Å². The maximum absolute atomic E-state index is 13.4. The fraction of sp³-hybridized carbons (Fsp3) is 0.158. The van der Waals surface area contributed by atoms with Crippen molar-refractivity contribution in [1.82, 2.24) is 20.3 Å². The first kappa shape index (κ1) is 20.2. The predicted molar refractivity (Wildman–Crippen MR) is 96.9 cm³/mol. The van der Waals surface area contributed by atoms with Crippen LogP contribution in [0.4, 0.5) is 29.2 Å². The van der Waals surface area contributed by atoms with E-state index >= 15 is 0 Å². The van der Waals surface area contributed by atoms with Gasteiger partial charge in [0, 0.05) is 30.3 Å². The highest BCUT2D eigenvalue weighted by atomic mass is 19.4. The standard InChI is InChI=1S/C19H15F4N5O/c1-11-7-12(5-6-24-11)9-25-17(29)15-10-26-18(28-16(15)19(21,22)23)27-14-4-2-3-13(20)8-14/h2-8,10H,9H2,1H3,(H,25,29)(H,26,27,28). The molecule has 0 saturated carbocycles. The molecule has 0 saturated heterocycles. The molecule has 0 unspecified atom stereocenters. The van der Waals surface area contributed by atoms with Crippen molar-refractivity contribution in [3.63, 3.8) is 0 Å². The number of nitrogens with one attached hydrogen (secondary N) is 2. The van der Waals surface area contributed by atoms with Gasteiger partial charge in [0.2, 0.25) is 5.95 Å². The molecule has 0 bridgehead atoms. The number of halogens is 4. The number of hydrogen-bond donors (Lipinski definition) is 2. The minimum absolute atomic E-state index is 0.0167. The Morgan fingerprint density at radius 1 is 1.14 bits per heavy atom. The summed E-state index contributed by atoms with van der Waals surface area (Å²) >= 11 is 0. The zero-order valence-corrected chi connectivity index (χ0v) is 15.1. The van der Waals surface area contributed by atoms with E-state index in [0.717, 1.165) is 12.3 Å². The fourth-order valence-corrected chi connectivity index (χ4v) is 2.51. The first-order chi connectivity index (χ1) is 13.7. The molecule has 1 aromatic carbocycles. The number of aromatic nitrogens is 3. The van der Waals surface area contributed by atoms with Crippen LogP contribution in [0.2, 0.25) is 0 Å². The van der Waals surface area contributed by atoms with E-state index in [1.807, 2.05) is 0 Å². The second-order valence-electron chi connectivity index (χ2n) is 6.08. The highest BCUT2D eigenvalue weighted by molar-refractivity contribution is 5.95. The van der Waals surface area contributed by atoms with Crippen molar-refractivity contribution in [2.45, 2.75) is 19.6 Å². The van der Waals surface area contributed by atoms with Gasteiger partial charge in [-0.2, -0.15) is 13.2 Å². The molecule has 1 amide bonds. The lowest BCUT2D eigenvalue weighted by molar-refractivity contribution is -0.141. The lowest BCUT2D eigenvalue weighted by atomic mass is 10.2. The summed E-state index contributed by atoms with van der Waals surface area (Å²) in [5, 5.41) is 4.90. The molecule has 0 fully saturated rings. The molecule has 0 atom stereocenters. The predicted octanol–water partition coefficient (Wildman–Crippen LogP) is 4.01. The lowest BCUT2D eigenvalue weighted by Crippen LogP contribution is -2.27. The van der Waals surface area contributed by atoms with Gasteiger partial charge in [0.1, 0.15) is 5.82 Å². The van der Waals surface area contributed by atoms with Gasteiger partial charge in [-0.3, -0.25) is 9.78 Å². The van der Waals surface area contributed by atoms with Crippen molar-refractivity contribution in [2.24, 2.45) is 0 Å². The molecule has 3 aromatic rings. The topological polar surface area (TPSA) is 79.8 Å². The number of anilines is 2. The summed E-state index contributed by atoms with van der Waals surface area (Å²) < 4.78 is 53.6. The number of rotatable bonds is 5. The Hall–Kier alpha value is -3.56. The van der Waals surface area contributed by atoms with E-state index in [-0.39, 0.29) is 12.2 Å². The zero-order valence-electron chi connectivity index (χ0n) is 15.1. The van der Waals surface area contributed by atoms with Gasteiger partial charge in [-0.05, 0) is 42.8 Å². The maximum Gasteiger partial charge on any atom is 0.434 e. The normalized spacial score (nSPS) is 11.2. The molecule has 2 heterocycles. The largest absolute Gasteiger partial charge is 0.434 e. The molecule has 2 N–H and O–H groups in total. The van der Waals surface area contributed by atoms with Crippen LogP contribution in [-0.2, 0) is 12.7 Å². The third-order valence-corrected chi connectivity index (χ3v) is 3.80. The molecular weight excluding hydrogens is 390 g/mol. The molecule has 2 aromatic heterocycles. The summed E-state index contributed by atoms with van der Waals surface area (Å²) in [6.07, 6.45) is -2.57. The van der Waals surface area contributed by atoms with Crippen molar-refractivity contribution in [2.75, 3.05) is 5.32 Å². The molecule has 0 radical (unpaired) electrons. The number of nitrogens with zero attached hydrogens (tertiary/aromatic N) is 3. The summed E-state index contributed by atoms with van der Waals surface area (Å²) in [5.41, 5.74) is -0.542. The Morgan fingerprint density at radius 2 is 1.93 bits per heavy atom. The number of pyridine rings is 1. The highest BCUT2D eigenvalue weighted by Gasteiger charge is 2.38. The number of carbonyl (C=O) groups excluding carboxylic acids is 1. The van der Waals surface area contributed by atoms with E-state index in [0.29, 0.717) is 11.3 Å². The number of benzene rings is 1. The van der Waals surface area contributed by atoms with Crippen molar-refractivity contribution >= 4 is 17.5 Å². The van der Waals surface area contributed by atoms with Crippen molar-refractivity contribution in [3.8, 4) is 0 Å². The van der Waals surface area contributed by atoms with E-state index in [1.54, 1.807) is 19.1 Å². The van der Waals surface area contributed by atoms with E-state index < -0.39 is 35.1 Å². The summed E-state index contributed by atoms with van der Waals surface area (Å²) in [5.74, 6) is -1.96. The smallest absolute Gasteiger partial charge is 0.348 e. The maximum atomic E-state index is 13.4. The van der Waals surface area contributed by atoms with Gasteiger partial charge >= 0.3 is 6.18 Å². The Kier molecular flexibility index (Phi) is 5.71. The van der Waals surface area contributed by atoms with Gasteiger partial charge in [0.15, 0.2) is 5.69 Å². The molecule has 0 aliphatic carbocycles. The van der Waals surface area contributed by atoms with E-state index in [1.165, 1.54) is 24.4 Å².